The molecule has 2 aliphatic rings. The third-order valence-electron chi connectivity index (χ3n) is 6.49. The van der Waals surface area contributed by atoms with E-state index in [1.807, 2.05) is 29.2 Å². The van der Waals surface area contributed by atoms with Crippen molar-refractivity contribution < 1.29 is 14.3 Å². The van der Waals surface area contributed by atoms with Crippen LogP contribution in [0.2, 0.25) is 0 Å². The average molecular weight is 550 g/mol. The van der Waals surface area contributed by atoms with E-state index < -0.39 is 11.9 Å². The van der Waals surface area contributed by atoms with Crippen molar-refractivity contribution in [3.8, 4) is 5.88 Å². The van der Waals surface area contributed by atoms with Crippen LogP contribution in [0.4, 0.5) is 11.6 Å². The van der Waals surface area contributed by atoms with Crippen LogP contribution in [0.5, 0.6) is 5.88 Å². The number of rotatable bonds is 6. The molecule has 0 aliphatic carbocycles. The molecule has 1 atom stereocenters. The summed E-state index contributed by atoms with van der Waals surface area (Å²) in [7, 11) is 0. The maximum Gasteiger partial charge on any atom is 0.259 e. The Kier molecular flexibility index (Phi) is 7.18. The first-order chi connectivity index (χ1) is 17.5. The molecule has 0 saturated carbocycles. The minimum atomic E-state index is -0.590. The number of benzene rings is 2. The van der Waals surface area contributed by atoms with Crippen LogP contribution in [0.15, 0.2) is 53.1 Å². The first kappa shape index (κ1) is 24.2. The maximum atomic E-state index is 13.2. The lowest BCUT2D eigenvalue weighted by Crippen LogP contribution is -2.45. The zero-order valence-corrected chi connectivity index (χ0v) is 21.7. The molecular formula is C27H28BrN5O3. The van der Waals surface area contributed by atoms with Gasteiger partial charge < -0.3 is 20.3 Å². The third-order valence-corrected chi connectivity index (χ3v) is 7.02. The van der Waals surface area contributed by atoms with Gasteiger partial charge in [-0.1, -0.05) is 45.8 Å². The fourth-order valence-electron chi connectivity index (χ4n) is 4.54. The van der Waals surface area contributed by atoms with Crippen molar-refractivity contribution in [2.24, 2.45) is 0 Å². The van der Waals surface area contributed by atoms with Crippen LogP contribution in [0, 0.1) is 6.92 Å². The summed E-state index contributed by atoms with van der Waals surface area (Å²) in [5.41, 5.74) is 4.67. The Labute approximate surface area is 218 Å². The Bertz CT molecular complexity index is 1280. The van der Waals surface area contributed by atoms with E-state index in [4.69, 9.17) is 4.74 Å². The monoisotopic (exact) mass is 549 g/mol. The van der Waals surface area contributed by atoms with E-state index in [1.165, 1.54) is 17.3 Å². The van der Waals surface area contributed by atoms with Gasteiger partial charge in [0, 0.05) is 29.4 Å². The van der Waals surface area contributed by atoms with E-state index in [0.717, 1.165) is 41.5 Å². The molecule has 1 aromatic heterocycles. The van der Waals surface area contributed by atoms with Crippen LogP contribution in [0.3, 0.4) is 0 Å². The molecule has 0 radical (unpaired) electrons. The number of carbonyl (C=O) groups excluding carboxylic acids is 2. The predicted molar refractivity (Wildman–Crippen MR) is 141 cm³/mol. The number of hydrogen-bond donors (Lipinski definition) is 2. The molecule has 36 heavy (non-hydrogen) atoms. The number of hydrogen-bond acceptors (Lipinski definition) is 6. The number of nitrogens with one attached hydrogen (secondary N) is 2. The van der Waals surface area contributed by atoms with Crippen molar-refractivity contribution in [2.75, 3.05) is 18.0 Å². The molecule has 3 heterocycles. The normalized spacial score (nSPS) is 17.2. The highest BCUT2D eigenvalue weighted by Gasteiger charge is 2.28. The number of ether oxygens (including phenoxy) is 1. The van der Waals surface area contributed by atoms with Crippen LogP contribution in [0.25, 0.3) is 0 Å². The van der Waals surface area contributed by atoms with Gasteiger partial charge in [-0.25, -0.2) is 4.98 Å². The van der Waals surface area contributed by atoms with Gasteiger partial charge in [-0.3, -0.25) is 9.59 Å². The highest BCUT2D eigenvalue weighted by Crippen LogP contribution is 2.34. The lowest BCUT2D eigenvalue weighted by molar-refractivity contribution is -0.122. The summed E-state index contributed by atoms with van der Waals surface area (Å²) in [4.78, 5) is 36.9. The number of aryl methyl sites for hydroxylation is 1. The van der Waals surface area contributed by atoms with Crippen molar-refractivity contribution in [3.05, 3.63) is 75.4 Å². The SMILES string of the molecule is Cc1ccc2c(c1)CCN2c1ncc(C(=O)NC2CCCCNC2=O)c(OCc2ccc(Br)cc2)n1. The van der Waals surface area contributed by atoms with E-state index in [1.54, 1.807) is 0 Å². The standard InChI is InChI=1S/C27H28BrN5O3/c1-17-5-10-23-19(14-17)11-13-33(23)27-30-15-21(24(34)31-22-4-2-3-12-29-25(22)35)26(32-27)36-16-18-6-8-20(28)9-7-18/h5-10,14-15,22H,2-4,11-13,16H2,1H3,(H,29,35)(H,31,34). The highest BCUT2D eigenvalue weighted by molar-refractivity contribution is 9.10. The second kappa shape index (κ2) is 10.7. The van der Waals surface area contributed by atoms with Crippen molar-refractivity contribution >= 4 is 39.4 Å². The van der Waals surface area contributed by atoms with Crippen molar-refractivity contribution in [1.82, 2.24) is 20.6 Å². The average Bonchev–Trinajstić information content (AvgIpc) is 3.19. The fourth-order valence-corrected chi connectivity index (χ4v) is 4.80. The molecule has 1 saturated heterocycles. The summed E-state index contributed by atoms with van der Waals surface area (Å²) in [6, 6.07) is 13.5. The van der Waals surface area contributed by atoms with Crippen molar-refractivity contribution in [3.63, 3.8) is 0 Å². The van der Waals surface area contributed by atoms with Crippen LogP contribution < -0.4 is 20.3 Å². The number of aromatic nitrogens is 2. The fraction of sp³-hybridized carbons (Fsp3) is 0.333. The van der Waals surface area contributed by atoms with Gasteiger partial charge >= 0.3 is 0 Å². The van der Waals surface area contributed by atoms with E-state index in [2.05, 4.69) is 61.7 Å². The third kappa shape index (κ3) is 5.36. The molecule has 2 aliphatic heterocycles. The summed E-state index contributed by atoms with van der Waals surface area (Å²) < 4.78 is 7.05. The largest absolute Gasteiger partial charge is 0.472 e. The Morgan fingerprint density at radius 1 is 1.22 bits per heavy atom. The molecule has 5 rings (SSSR count). The lowest BCUT2D eigenvalue weighted by Gasteiger charge is -2.20. The molecule has 186 valence electrons. The van der Waals surface area contributed by atoms with Crippen LogP contribution in [0.1, 0.15) is 46.3 Å². The quantitative estimate of drug-likeness (QED) is 0.477. The van der Waals surface area contributed by atoms with Gasteiger partial charge in [0.15, 0.2) is 0 Å². The minimum Gasteiger partial charge on any atom is -0.472 e. The number of fused-ring (bicyclic) bond motifs is 1. The first-order valence-electron chi connectivity index (χ1n) is 12.2. The van der Waals surface area contributed by atoms with Crippen molar-refractivity contribution in [1.29, 1.82) is 0 Å². The molecule has 3 aromatic rings. The van der Waals surface area contributed by atoms with Gasteiger partial charge in [0.2, 0.25) is 17.7 Å². The summed E-state index contributed by atoms with van der Waals surface area (Å²) in [5.74, 6) is 0.0775. The van der Waals surface area contributed by atoms with E-state index in [0.29, 0.717) is 18.9 Å². The Morgan fingerprint density at radius 2 is 2.06 bits per heavy atom. The summed E-state index contributed by atoms with van der Waals surface area (Å²) in [5, 5.41) is 5.70. The van der Waals surface area contributed by atoms with Gasteiger partial charge in [-0.2, -0.15) is 4.98 Å². The zero-order valence-electron chi connectivity index (χ0n) is 20.1. The Balaban J connectivity index is 1.43. The number of anilines is 2. The lowest BCUT2D eigenvalue weighted by atomic mass is 10.1. The topological polar surface area (TPSA) is 96.5 Å². The zero-order chi connectivity index (χ0) is 25.1. The van der Waals surface area contributed by atoms with Crippen LogP contribution in [-0.4, -0.2) is 40.9 Å². The molecule has 1 fully saturated rings. The van der Waals surface area contributed by atoms with Crippen LogP contribution >= 0.6 is 15.9 Å². The molecular weight excluding hydrogens is 522 g/mol. The first-order valence-corrected chi connectivity index (χ1v) is 13.0. The van der Waals surface area contributed by atoms with E-state index in [-0.39, 0.29) is 24.0 Å². The minimum absolute atomic E-state index is 0.167. The molecule has 8 nitrogen and oxygen atoms in total. The van der Waals surface area contributed by atoms with E-state index >= 15 is 0 Å². The summed E-state index contributed by atoms with van der Waals surface area (Å²) in [6.45, 7) is 3.69. The molecule has 1 unspecified atom stereocenters. The van der Waals surface area contributed by atoms with Crippen molar-refractivity contribution in [2.45, 2.75) is 45.3 Å². The maximum absolute atomic E-state index is 13.2. The van der Waals surface area contributed by atoms with Gasteiger partial charge in [-0.15, -0.1) is 0 Å². The molecule has 0 bridgehead atoms. The molecule has 9 heteroatoms. The number of nitrogens with zero attached hydrogens (tertiary/aromatic N) is 3. The predicted octanol–water partition coefficient (Wildman–Crippen LogP) is 4.22. The Hall–Kier alpha value is -3.46. The molecule has 2 amide bonds. The smallest absolute Gasteiger partial charge is 0.259 e. The number of halogens is 1. The second-order valence-corrected chi connectivity index (χ2v) is 10.1. The van der Waals surface area contributed by atoms with Gasteiger partial charge in [0.05, 0.1) is 0 Å². The number of carbonyl (C=O) groups is 2. The van der Waals surface area contributed by atoms with Crippen LogP contribution in [-0.2, 0) is 17.8 Å². The summed E-state index contributed by atoms with van der Waals surface area (Å²) >= 11 is 3.44. The second-order valence-electron chi connectivity index (χ2n) is 9.15. The van der Waals surface area contributed by atoms with E-state index in [9.17, 15) is 9.59 Å². The molecule has 0 spiro atoms. The summed E-state index contributed by atoms with van der Waals surface area (Å²) in [6.07, 6.45) is 4.74. The molecule has 2 N–H and O–H groups in total. The Morgan fingerprint density at radius 3 is 2.89 bits per heavy atom. The number of amides is 2. The van der Waals surface area contributed by atoms with Gasteiger partial charge in [-0.05, 0) is 61.9 Å². The highest BCUT2D eigenvalue weighted by atomic mass is 79.9. The van der Waals surface area contributed by atoms with Gasteiger partial charge in [0.1, 0.15) is 18.2 Å². The molecule has 2 aromatic carbocycles. The van der Waals surface area contributed by atoms with Gasteiger partial charge in [0.25, 0.3) is 5.91 Å².